The highest BCUT2D eigenvalue weighted by molar-refractivity contribution is 6.11. The van der Waals surface area contributed by atoms with E-state index in [1.807, 2.05) is 0 Å². The van der Waals surface area contributed by atoms with E-state index in [-0.39, 0.29) is 53.7 Å². The monoisotopic (exact) mass is 376 g/mol. The number of ether oxygens (including phenoxy) is 2. The van der Waals surface area contributed by atoms with E-state index < -0.39 is 17.6 Å². The van der Waals surface area contributed by atoms with E-state index in [0.717, 1.165) is 0 Å². The molecule has 0 fully saturated rings. The second kappa shape index (κ2) is 7.77. The number of benzene rings is 1. The molecule has 0 unspecified atom stereocenters. The van der Waals surface area contributed by atoms with Gasteiger partial charge in [-0.25, -0.2) is 0 Å². The second-order valence-corrected chi connectivity index (χ2v) is 7.19. The highest BCUT2D eigenvalue weighted by Gasteiger charge is 2.35. The first-order valence-corrected chi connectivity index (χ1v) is 8.58. The Morgan fingerprint density at radius 3 is 2.56 bits per heavy atom. The maximum absolute atomic E-state index is 12.7. The standard InChI is InChI=1S/C19H24N2O6/c1-10(22)21-12(9-26-11(2)23)7-14(24)13-5-6-16-17(18(13)20)15(25)8-19(3,4)27-16/h5-6,12H,7-9,20H2,1-4H3,(H,21,22)/t12-/m0/s1. The predicted molar refractivity (Wildman–Crippen MR) is 97.7 cm³/mol. The van der Waals surface area contributed by atoms with Gasteiger partial charge < -0.3 is 20.5 Å². The van der Waals surface area contributed by atoms with Crippen molar-refractivity contribution in [2.45, 2.75) is 52.2 Å². The van der Waals surface area contributed by atoms with Crippen LogP contribution in [0.1, 0.15) is 61.3 Å². The van der Waals surface area contributed by atoms with Gasteiger partial charge in [0.2, 0.25) is 5.91 Å². The number of anilines is 1. The van der Waals surface area contributed by atoms with Crippen LogP contribution in [0, 0.1) is 0 Å². The first kappa shape index (κ1) is 20.4. The number of Topliss-reactive ketones (excluding diaryl/α,β-unsaturated/α-hetero) is 2. The third-order valence-electron chi connectivity index (χ3n) is 4.09. The summed E-state index contributed by atoms with van der Waals surface area (Å²) in [6.45, 7) is 6.01. The van der Waals surface area contributed by atoms with Crippen molar-refractivity contribution < 1.29 is 28.7 Å². The van der Waals surface area contributed by atoms with Gasteiger partial charge in [-0.2, -0.15) is 0 Å². The molecule has 1 aliphatic rings. The Morgan fingerprint density at radius 2 is 1.96 bits per heavy atom. The van der Waals surface area contributed by atoms with E-state index in [9.17, 15) is 19.2 Å². The molecule has 146 valence electrons. The van der Waals surface area contributed by atoms with Gasteiger partial charge in [0.25, 0.3) is 0 Å². The SMILES string of the molecule is CC(=O)N[C@H](COC(C)=O)CC(=O)c1ccc2c(c1N)C(=O)CC(C)(C)O2. The van der Waals surface area contributed by atoms with Gasteiger partial charge >= 0.3 is 5.97 Å². The maximum atomic E-state index is 12.7. The van der Waals surface area contributed by atoms with Crippen molar-refractivity contribution in [1.82, 2.24) is 5.32 Å². The summed E-state index contributed by atoms with van der Waals surface area (Å²) in [6, 6.07) is 2.36. The number of rotatable bonds is 6. The summed E-state index contributed by atoms with van der Waals surface area (Å²) in [7, 11) is 0. The summed E-state index contributed by atoms with van der Waals surface area (Å²) in [6.07, 6.45) is 0.0270. The summed E-state index contributed by atoms with van der Waals surface area (Å²) in [5, 5.41) is 2.57. The van der Waals surface area contributed by atoms with Crippen LogP contribution in [0.2, 0.25) is 0 Å². The molecule has 27 heavy (non-hydrogen) atoms. The lowest BCUT2D eigenvalue weighted by Crippen LogP contribution is -2.39. The zero-order chi connectivity index (χ0) is 20.4. The van der Waals surface area contributed by atoms with Crippen LogP contribution in [0.4, 0.5) is 5.69 Å². The molecular formula is C19H24N2O6. The Bertz CT molecular complexity index is 800. The molecule has 1 atom stereocenters. The van der Waals surface area contributed by atoms with Crippen molar-refractivity contribution in [3.63, 3.8) is 0 Å². The van der Waals surface area contributed by atoms with Crippen molar-refractivity contribution in [3.05, 3.63) is 23.3 Å². The van der Waals surface area contributed by atoms with E-state index >= 15 is 0 Å². The predicted octanol–water partition coefficient (Wildman–Crippen LogP) is 1.65. The summed E-state index contributed by atoms with van der Waals surface area (Å²) in [5.74, 6) is -1.09. The Labute approximate surface area is 157 Å². The van der Waals surface area contributed by atoms with E-state index in [2.05, 4.69) is 5.32 Å². The van der Waals surface area contributed by atoms with E-state index in [1.54, 1.807) is 19.9 Å². The molecule has 1 aromatic rings. The number of hydrogen-bond acceptors (Lipinski definition) is 7. The number of hydrogen-bond donors (Lipinski definition) is 2. The summed E-state index contributed by atoms with van der Waals surface area (Å²) in [5.41, 5.74) is 5.89. The summed E-state index contributed by atoms with van der Waals surface area (Å²) < 4.78 is 10.7. The van der Waals surface area contributed by atoms with Crippen molar-refractivity contribution >= 4 is 29.1 Å². The molecule has 1 heterocycles. The lowest BCUT2D eigenvalue weighted by molar-refractivity contribution is -0.142. The van der Waals surface area contributed by atoms with Crippen LogP contribution in [0.15, 0.2) is 12.1 Å². The van der Waals surface area contributed by atoms with Crippen molar-refractivity contribution in [2.75, 3.05) is 12.3 Å². The maximum Gasteiger partial charge on any atom is 0.302 e. The Balaban J connectivity index is 2.25. The van der Waals surface area contributed by atoms with E-state index in [1.165, 1.54) is 19.9 Å². The molecule has 3 N–H and O–H groups in total. The Morgan fingerprint density at radius 1 is 1.30 bits per heavy atom. The quantitative estimate of drug-likeness (QED) is 0.439. The van der Waals surface area contributed by atoms with Gasteiger partial charge in [0.1, 0.15) is 18.0 Å². The van der Waals surface area contributed by atoms with Crippen LogP contribution in [0.3, 0.4) is 0 Å². The number of nitrogens with one attached hydrogen (secondary N) is 1. The number of nitrogen functional groups attached to an aromatic ring is 1. The largest absolute Gasteiger partial charge is 0.487 e. The topological polar surface area (TPSA) is 125 Å². The lowest BCUT2D eigenvalue weighted by atomic mass is 9.89. The number of carbonyl (C=O) groups excluding carboxylic acids is 4. The van der Waals surface area contributed by atoms with Crippen LogP contribution >= 0.6 is 0 Å². The molecular weight excluding hydrogens is 352 g/mol. The molecule has 8 nitrogen and oxygen atoms in total. The van der Waals surface area contributed by atoms with Gasteiger partial charge in [0.05, 0.1) is 23.7 Å². The molecule has 0 aliphatic carbocycles. The molecule has 0 spiro atoms. The molecule has 1 aromatic carbocycles. The summed E-state index contributed by atoms with van der Waals surface area (Å²) in [4.78, 5) is 47.5. The number of fused-ring (bicyclic) bond motifs is 1. The summed E-state index contributed by atoms with van der Waals surface area (Å²) >= 11 is 0. The van der Waals surface area contributed by atoms with Gasteiger partial charge in [-0.05, 0) is 26.0 Å². The fourth-order valence-electron chi connectivity index (χ4n) is 3.01. The molecule has 8 heteroatoms. The molecule has 0 saturated carbocycles. The van der Waals surface area contributed by atoms with Crippen LogP contribution in [-0.4, -0.2) is 41.7 Å². The average molecular weight is 376 g/mol. The molecule has 2 rings (SSSR count). The Hall–Kier alpha value is -2.90. The third-order valence-corrected chi connectivity index (χ3v) is 4.09. The van der Waals surface area contributed by atoms with Gasteiger partial charge in [-0.15, -0.1) is 0 Å². The molecule has 0 aromatic heterocycles. The van der Waals surface area contributed by atoms with E-state index in [0.29, 0.717) is 5.75 Å². The van der Waals surface area contributed by atoms with E-state index in [4.69, 9.17) is 15.2 Å². The lowest BCUT2D eigenvalue weighted by Gasteiger charge is -2.32. The zero-order valence-corrected chi connectivity index (χ0v) is 15.9. The normalized spacial score (nSPS) is 15.9. The first-order chi connectivity index (χ1) is 12.5. The molecule has 0 radical (unpaired) electrons. The smallest absolute Gasteiger partial charge is 0.302 e. The average Bonchev–Trinajstić information content (AvgIpc) is 2.50. The van der Waals surface area contributed by atoms with Crippen molar-refractivity contribution in [2.24, 2.45) is 0 Å². The number of esters is 1. The Kier molecular flexibility index (Phi) is 5.88. The van der Waals surface area contributed by atoms with Crippen LogP contribution in [0.25, 0.3) is 0 Å². The van der Waals surface area contributed by atoms with Crippen LogP contribution in [-0.2, 0) is 14.3 Å². The van der Waals surface area contributed by atoms with Gasteiger partial charge in [0.15, 0.2) is 11.6 Å². The minimum Gasteiger partial charge on any atom is -0.487 e. The van der Waals surface area contributed by atoms with Crippen molar-refractivity contribution in [3.8, 4) is 5.75 Å². The van der Waals surface area contributed by atoms with Crippen molar-refractivity contribution in [1.29, 1.82) is 0 Å². The minimum atomic E-state index is -0.694. The highest BCUT2D eigenvalue weighted by Crippen LogP contribution is 2.38. The minimum absolute atomic E-state index is 0.0621. The highest BCUT2D eigenvalue weighted by atomic mass is 16.5. The number of nitrogens with two attached hydrogens (primary N) is 1. The van der Waals surface area contributed by atoms with Crippen LogP contribution in [0.5, 0.6) is 5.75 Å². The molecule has 0 saturated heterocycles. The zero-order valence-electron chi connectivity index (χ0n) is 15.9. The second-order valence-electron chi connectivity index (χ2n) is 7.19. The van der Waals surface area contributed by atoms with Gasteiger partial charge in [-0.1, -0.05) is 0 Å². The number of carbonyl (C=O) groups is 4. The van der Waals surface area contributed by atoms with Gasteiger partial charge in [-0.3, -0.25) is 19.2 Å². The molecule has 0 bridgehead atoms. The van der Waals surface area contributed by atoms with Crippen LogP contribution < -0.4 is 15.8 Å². The molecule has 1 aliphatic heterocycles. The van der Waals surface area contributed by atoms with Gasteiger partial charge in [0, 0.05) is 25.8 Å². The fourth-order valence-corrected chi connectivity index (χ4v) is 3.01. The first-order valence-electron chi connectivity index (χ1n) is 8.58. The fraction of sp³-hybridized carbons (Fsp3) is 0.474. The number of ketones is 2. The molecule has 1 amide bonds. The third kappa shape index (κ3) is 5.06. The number of amides is 1.